The fraction of sp³-hybridized carbons (Fsp3) is 0.857. The minimum atomic E-state index is -0.839. The van der Waals surface area contributed by atoms with Gasteiger partial charge in [0.1, 0.15) is 5.60 Å². The van der Waals surface area contributed by atoms with Crippen molar-refractivity contribution >= 4 is 34.5 Å². The molecule has 4 nitrogen and oxygen atoms in total. The van der Waals surface area contributed by atoms with Crippen LogP contribution in [0.2, 0.25) is 0 Å². The van der Waals surface area contributed by atoms with Crippen molar-refractivity contribution in [1.29, 1.82) is 0 Å². The lowest BCUT2D eigenvalue weighted by atomic mass is 9.49. The van der Waals surface area contributed by atoms with Crippen molar-refractivity contribution in [2.75, 3.05) is 4.43 Å². The molecule has 0 saturated heterocycles. The molecule has 0 aliphatic heterocycles. The second-order valence-corrected chi connectivity index (χ2v) is 7.20. The molecular weight excluding hydrogens is 359 g/mol. The lowest BCUT2D eigenvalue weighted by Crippen LogP contribution is -2.60. The summed E-state index contributed by atoms with van der Waals surface area (Å²) in [4.78, 5) is 23.0. The predicted molar refractivity (Wildman–Crippen MR) is 77.0 cm³/mol. The van der Waals surface area contributed by atoms with Gasteiger partial charge in [-0.2, -0.15) is 0 Å². The van der Waals surface area contributed by atoms with Crippen molar-refractivity contribution in [2.24, 2.45) is 23.7 Å². The van der Waals surface area contributed by atoms with Gasteiger partial charge < -0.3 is 9.84 Å². The van der Waals surface area contributed by atoms with Crippen LogP contribution in [-0.4, -0.2) is 27.1 Å². The van der Waals surface area contributed by atoms with Gasteiger partial charge in [-0.1, -0.05) is 22.6 Å². The predicted octanol–water partition coefficient (Wildman–Crippen LogP) is 2.63. The Hall–Kier alpha value is -0.330. The van der Waals surface area contributed by atoms with Gasteiger partial charge in [0, 0.05) is 11.8 Å². The number of aliphatic carboxylic acids is 1. The molecular formula is C14H19IO4. The molecule has 5 heteroatoms. The Kier molecular flexibility index (Phi) is 3.52. The number of halogens is 1. The van der Waals surface area contributed by atoms with Crippen molar-refractivity contribution in [2.45, 2.75) is 44.1 Å². The van der Waals surface area contributed by atoms with E-state index in [0.29, 0.717) is 4.43 Å². The second-order valence-electron chi connectivity index (χ2n) is 6.44. The Morgan fingerprint density at radius 2 is 1.63 bits per heavy atom. The van der Waals surface area contributed by atoms with Gasteiger partial charge in [-0.05, 0) is 43.9 Å². The minimum absolute atomic E-state index is 0.00977. The van der Waals surface area contributed by atoms with Gasteiger partial charge in [-0.3, -0.25) is 9.59 Å². The highest BCUT2D eigenvalue weighted by Crippen LogP contribution is 2.60. The van der Waals surface area contributed by atoms with Crippen LogP contribution in [0.3, 0.4) is 0 Å². The van der Waals surface area contributed by atoms with Gasteiger partial charge in [-0.15, -0.1) is 0 Å². The molecule has 4 saturated carbocycles. The van der Waals surface area contributed by atoms with Crippen LogP contribution in [-0.2, 0) is 14.3 Å². The average molecular weight is 378 g/mol. The highest BCUT2D eigenvalue weighted by Gasteiger charge is 2.60. The summed E-state index contributed by atoms with van der Waals surface area (Å²) in [6.45, 7) is 0. The van der Waals surface area contributed by atoms with Crippen molar-refractivity contribution in [3.8, 4) is 0 Å². The molecule has 0 atom stereocenters. The zero-order valence-electron chi connectivity index (χ0n) is 10.8. The standard InChI is InChI=1S/C14H19IO4/c15-7-13(18)19-14(6-12(16)17)10-2-8-1-9(4-10)5-11(14)3-8/h8-11H,1-7H2,(H,16,17). The Labute approximate surface area is 126 Å². The summed E-state index contributed by atoms with van der Waals surface area (Å²) < 4.78 is 6.04. The fourth-order valence-corrected chi connectivity index (χ4v) is 5.10. The van der Waals surface area contributed by atoms with E-state index in [4.69, 9.17) is 4.74 Å². The summed E-state index contributed by atoms with van der Waals surface area (Å²) in [5, 5.41) is 9.26. The molecule has 4 aliphatic carbocycles. The first-order valence-corrected chi connectivity index (χ1v) is 8.55. The first-order valence-electron chi connectivity index (χ1n) is 7.03. The Bertz CT molecular complexity index is 378. The molecule has 0 radical (unpaired) electrons. The molecule has 0 spiro atoms. The van der Waals surface area contributed by atoms with Crippen molar-refractivity contribution in [3.63, 3.8) is 0 Å². The van der Waals surface area contributed by atoms with Gasteiger partial charge in [0.05, 0.1) is 10.8 Å². The zero-order chi connectivity index (χ0) is 13.6. The van der Waals surface area contributed by atoms with E-state index in [1.165, 1.54) is 6.42 Å². The lowest BCUT2D eigenvalue weighted by Gasteiger charge is -2.59. The van der Waals surface area contributed by atoms with Crippen molar-refractivity contribution < 1.29 is 19.4 Å². The van der Waals surface area contributed by atoms with Gasteiger partial charge >= 0.3 is 11.9 Å². The molecule has 19 heavy (non-hydrogen) atoms. The third kappa shape index (κ3) is 2.28. The van der Waals surface area contributed by atoms with Crippen LogP contribution >= 0.6 is 22.6 Å². The van der Waals surface area contributed by atoms with Gasteiger partial charge in [0.2, 0.25) is 0 Å². The first kappa shape index (κ1) is 13.6. The molecule has 0 aromatic heterocycles. The number of hydrogen-bond acceptors (Lipinski definition) is 3. The molecule has 4 rings (SSSR count). The third-order valence-corrected chi connectivity index (χ3v) is 5.98. The highest BCUT2D eigenvalue weighted by molar-refractivity contribution is 14.1. The maximum absolute atomic E-state index is 11.8. The number of carbonyl (C=O) groups excluding carboxylic acids is 1. The van der Waals surface area contributed by atoms with Gasteiger partial charge in [0.15, 0.2) is 0 Å². The molecule has 0 aromatic carbocycles. The van der Waals surface area contributed by atoms with E-state index in [0.717, 1.165) is 37.5 Å². The number of ether oxygens (including phenoxy) is 1. The van der Waals surface area contributed by atoms with Gasteiger partial charge in [0.25, 0.3) is 0 Å². The number of alkyl halides is 1. The number of carboxylic acid groups (broad SMARTS) is 1. The number of rotatable bonds is 4. The van der Waals surface area contributed by atoms with E-state index in [-0.39, 0.29) is 24.2 Å². The zero-order valence-corrected chi connectivity index (χ0v) is 13.0. The van der Waals surface area contributed by atoms with Crippen molar-refractivity contribution in [1.82, 2.24) is 0 Å². The maximum atomic E-state index is 11.8. The minimum Gasteiger partial charge on any atom is -0.481 e. The van der Waals surface area contributed by atoms with E-state index >= 15 is 0 Å². The number of carboxylic acids is 1. The fourth-order valence-electron chi connectivity index (χ4n) is 4.95. The van der Waals surface area contributed by atoms with Crippen LogP contribution in [0.15, 0.2) is 0 Å². The monoisotopic (exact) mass is 378 g/mol. The normalized spacial score (nSPS) is 43.2. The van der Waals surface area contributed by atoms with Crippen LogP contribution in [0.1, 0.15) is 38.5 Å². The van der Waals surface area contributed by atoms with Crippen LogP contribution in [0.4, 0.5) is 0 Å². The summed E-state index contributed by atoms with van der Waals surface area (Å²) >= 11 is 1.99. The smallest absolute Gasteiger partial charge is 0.316 e. The van der Waals surface area contributed by atoms with E-state index in [1.54, 1.807) is 0 Å². The first-order chi connectivity index (χ1) is 9.03. The quantitative estimate of drug-likeness (QED) is 0.464. The largest absolute Gasteiger partial charge is 0.481 e. The summed E-state index contributed by atoms with van der Waals surface area (Å²) in [7, 11) is 0. The van der Waals surface area contributed by atoms with Gasteiger partial charge in [-0.25, -0.2) is 0 Å². The van der Waals surface area contributed by atoms with E-state index in [1.807, 2.05) is 22.6 Å². The van der Waals surface area contributed by atoms with Crippen LogP contribution < -0.4 is 0 Å². The molecule has 0 amide bonds. The molecule has 4 fully saturated rings. The molecule has 0 aromatic rings. The number of hydrogen-bond donors (Lipinski definition) is 1. The summed E-state index contributed by atoms with van der Waals surface area (Å²) in [6.07, 6.45) is 5.49. The number of esters is 1. The Morgan fingerprint density at radius 1 is 1.11 bits per heavy atom. The molecule has 106 valence electrons. The highest BCUT2D eigenvalue weighted by atomic mass is 127. The van der Waals surface area contributed by atoms with Crippen LogP contribution in [0, 0.1) is 23.7 Å². The molecule has 0 unspecified atom stereocenters. The average Bonchev–Trinajstić information content (AvgIpc) is 2.34. The van der Waals surface area contributed by atoms with Crippen LogP contribution in [0.25, 0.3) is 0 Å². The third-order valence-electron chi connectivity index (χ3n) is 5.36. The molecule has 4 bridgehead atoms. The van der Waals surface area contributed by atoms with E-state index < -0.39 is 11.6 Å². The summed E-state index contributed by atoms with van der Waals surface area (Å²) in [5.74, 6) is 0.923. The number of carbonyl (C=O) groups is 2. The summed E-state index contributed by atoms with van der Waals surface area (Å²) in [5.41, 5.74) is -0.707. The van der Waals surface area contributed by atoms with Crippen LogP contribution in [0.5, 0.6) is 0 Å². The van der Waals surface area contributed by atoms with E-state index in [9.17, 15) is 14.7 Å². The molecule has 1 N–H and O–H groups in total. The summed E-state index contributed by atoms with van der Waals surface area (Å²) in [6, 6.07) is 0. The second kappa shape index (κ2) is 4.90. The maximum Gasteiger partial charge on any atom is 0.316 e. The Morgan fingerprint density at radius 3 is 2.05 bits per heavy atom. The molecule has 0 heterocycles. The molecule has 4 aliphatic rings. The lowest BCUT2D eigenvalue weighted by molar-refractivity contribution is -0.212. The Balaban J connectivity index is 1.90. The van der Waals surface area contributed by atoms with Crippen molar-refractivity contribution in [3.05, 3.63) is 0 Å². The topological polar surface area (TPSA) is 63.6 Å². The SMILES string of the molecule is O=C(O)CC1(OC(=O)CI)C2CC3CC(C2)CC1C3. The van der Waals surface area contributed by atoms with E-state index in [2.05, 4.69) is 0 Å².